The SMILES string of the molecule is COCCNCCNC(=O)c1cc2ccccc2c(=O)[nH]1.Cl. The van der Waals surface area contributed by atoms with Crippen molar-refractivity contribution in [1.82, 2.24) is 15.6 Å². The zero-order chi connectivity index (χ0) is 15.1. The molecule has 0 radical (unpaired) electrons. The van der Waals surface area contributed by atoms with E-state index < -0.39 is 0 Å². The smallest absolute Gasteiger partial charge is 0.267 e. The number of aromatic nitrogens is 1. The van der Waals surface area contributed by atoms with E-state index in [1.807, 2.05) is 12.1 Å². The van der Waals surface area contributed by atoms with Gasteiger partial charge in [0.1, 0.15) is 5.69 Å². The van der Waals surface area contributed by atoms with Crippen LogP contribution in [0.3, 0.4) is 0 Å². The average Bonchev–Trinajstić information content (AvgIpc) is 2.50. The van der Waals surface area contributed by atoms with Crippen LogP contribution in [-0.4, -0.2) is 44.2 Å². The highest BCUT2D eigenvalue weighted by Crippen LogP contribution is 2.09. The third-order valence-electron chi connectivity index (χ3n) is 3.07. The van der Waals surface area contributed by atoms with Crippen molar-refractivity contribution in [3.8, 4) is 0 Å². The van der Waals surface area contributed by atoms with Crippen molar-refractivity contribution in [3.05, 3.63) is 46.4 Å². The number of hydrogen-bond acceptors (Lipinski definition) is 4. The van der Waals surface area contributed by atoms with Crippen molar-refractivity contribution in [2.24, 2.45) is 0 Å². The number of methoxy groups -OCH3 is 1. The zero-order valence-electron chi connectivity index (χ0n) is 12.3. The third-order valence-corrected chi connectivity index (χ3v) is 3.07. The lowest BCUT2D eigenvalue weighted by atomic mass is 10.1. The van der Waals surface area contributed by atoms with Gasteiger partial charge in [-0.05, 0) is 17.5 Å². The lowest BCUT2D eigenvalue weighted by Gasteiger charge is -2.07. The number of ether oxygens (including phenoxy) is 1. The molecule has 1 amide bonds. The number of nitrogens with one attached hydrogen (secondary N) is 3. The van der Waals surface area contributed by atoms with Gasteiger partial charge in [-0.1, -0.05) is 18.2 Å². The summed E-state index contributed by atoms with van der Waals surface area (Å²) in [5.74, 6) is -0.286. The van der Waals surface area contributed by atoms with E-state index in [0.29, 0.717) is 25.1 Å². The Kier molecular flexibility index (Phi) is 7.59. The van der Waals surface area contributed by atoms with Crippen LogP contribution in [0.15, 0.2) is 35.1 Å². The molecule has 3 N–H and O–H groups in total. The second-order valence-electron chi connectivity index (χ2n) is 4.60. The zero-order valence-corrected chi connectivity index (χ0v) is 13.2. The van der Waals surface area contributed by atoms with E-state index in [2.05, 4.69) is 15.6 Å². The highest BCUT2D eigenvalue weighted by atomic mass is 35.5. The molecule has 0 bridgehead atoms. The molecular weight excluding hydrogens is 306 g/mol. The number of benzene rings is 1. The lowest BCUT2D eigenvalue weighted by Crippen LogP contribution is -2.34. The summed E-state index contributed by atoms with van der Waals surface area (Å²) in [6.07, 6.45) is 0. The summed E-state index contributed by atoms with van der Waals surface area (Å²) in [7, 11) is 1.64. The number of halogens is 1. The molecule has 120 valence electrons. The maximum atomic E-state index is 12.0. The predicted octanol–water partition coefficient (Wildman–Crippen LogP) is 0.916. The van der Waals surface area contributed by atoms with Crippen LogP contribution < -0.4 is 16.2 Å². The molecule has 6 nitrogen and oxygen atoms in total. The molecule has 0 aliphatic carbocycles. The van der Waals surface area contributed by atoms with Crippen LogP contribution in [0.25, 0.3) is 10.8 Å². The molecule has 0 saturated carbocycles. The number of rotatable bonds is 7. The van der Waals surface area contributed by atoms with Gasteiger partial charge in [0.05, 0.1) is 6.61 Å². The van der Waals surface area contributed by atoms with Crippen molar-refractivity contribution < 1.29 is 9.53 Å². The van der Waals surface area contributed by atoms with Gasteiger partial charge in [-0.25, -0.2) is 0 Å². The van der Waals surface area contributed by atoms with E-state index in [-0.39, 0.29) is 29.6 Å². The van der Waals surface area contributed by atoms with Crippen LogP contribution in [0, 0.1) is 0 Å². The van der Waals surface area contributed by atoms with Gasteiger partial charge >= 0.3 is 0 Å². The van der Waals surface area contributed by atoms with Gasteiger partial charge in [-0.2, -0.15) is 0 Å². The number of aromatic amines is 1. The van der Waals surface area contributed by atoms with Gasteiger partial charge in [0, 0.05) is 32.1 Å². The number of pyridine rings is 1. The molecule has 1 aromatic heterocycles. The molecule has 22 heavy (non-hydrogen) atoms. The fraction of sp³-hybridized carbons (Fsp3) is 0.333. The van der Waals surface area contributed by atoms with Gasteiger partial charge in [0.15, 0.2) is 0 Å². The Hall–Kier alpha value is -1.89. The van der Waals surface area contributed by atoms with Crippen LogP contribution in [0.5, 0.6) is 0 Å². The molecular formula is C15H20ClN3O3. The molecule has 0 aliphatic rings. The highest BCUT2D eigenvalue weighted by Gasteiger charge is 2.08. The third kappa shape index (κ3) is 4.84. The van der Waals surface area contributed by atoms with Crippen LogP contribution in [0.2, 0.25) is 0 Å². The van der Waals surface area contributed by atoms with E-state index in [0.717, 1.165) is 11.9 Å². The largest absolute Gasteiger partial charge is 0.383 e. The maximum absolute atomic E-state index is 12.0. The first-order chi connectivity index (χ1) is 10.2. The topological polar surface area (TPSA) is 83.2 Å². The van der Waals surface area contributed by atoms with Gasteiger partial charge in [0.25, 0.3) is 11.5 Å². The number of H-pyrrole nitrogens is 1. The molecule has 0 saturated heterocycles. The molecule has 0 aliphatic heterocycles. The summed E-state index contributed by atoms with van der Waals surface area (Å²) in [4.78, 5) is 26.5. The Morgan fingerprint density at radius 2 is 2.00 bits per heavy atom. The van der Waals surface area contributed by atoms with Crippen LogP contribution in [-0.2, 0) is 4.74 Å². The van der Waals surface area contributed by atoms with Crippen molar-refractivity contribution in [2.45, 2.75) is 0 Å². The molecule has 0 atom stereocenters. The van der Waals surface area contributed by atoms with E-state index in [4.69, 9.17) is 4.74 Å². The number of hydrogen-bond donors (Lipinski definition) is 3. The van der Waals surface area contributed by atoms with Crippen molar-refractivity contribution in [1.29, 1.82) is 0 Å². The average molecular weight is 326 g/mol. The van der Waals surface area contributed by atoms with Gasteiger partial charge < -0.3 is 20.4 Å². The fourth-order valence-electron chi connectivity index (χ4n) is 1.99. The van der Waals surface area contributed by atoms with Crippen molar-refractivity contribution >= 4 is 29.1 Å². The Morgan fingerprint density at radius 3 is 2.77 bits per heavy atom. The summed E-state index contributed by atoms with van der Waals surface area (Å²) in [5.41, 5.74) is 0.0204. The molecule has 2 rings (SSSR count). The number of fused-ring (bicyclic) bond motifs is 1. The van der Waals surface area contributed by atoms with Crippen LogP contribution >= 0.6 is 12.4 Å². The molecule has 1 aromatic carbocycles. The normalized spacial score (nSPS) is 10.2. The first-order valence-electron chi connectivity index (χ1n) is 6.82. The lowest BCUT2D eigenvalue weighted by molar-refractivity contribution is 0.0948. The molecule has 7 heteroatoms. The van der Waals surface area contributed by atoms with E-state index in [1.54, 1.807) is 25.3 Å². The first kappa shape index (κ1) is 18.2. The van der Waals surface area contributed by atoms with Gasteiger partial charge in [0.2, 0.25) is 0 Å². The van der Waals surface area contributed by atoms with Crippen molar-refractivity contribution in [2.75, 3.05) is 33.4 Å². The standard InChI is InChI=1S/C15H19N3O3.ClH/c1-21-9-8-16-6-7-17-15(20)13-10-11-4-2-3-5-12(11)14(19)18-13;/h2-5,10,16H,6-9H2,1H3,(H,17,20)(H,18,19);1H. The van der Waals surface area contributed by atoms with E-state index in [1.165, 1.54) is 0 Å². The highest BCUT2D eigenvalue weighted by molar-refractivity contribution is 5.96. The number of carbonyl (C=O) groups is 1. The Labute approximate surface area is 134 Å². The van der Waals surface area contributed by atoms with Gasteiger partial charge in [-0.3, -0.25) is 9.59 Å². The minimum atomic E-state index is -0.286. The molecule has 1 heterocycles. The second kappa shape index (κ2) is 9.19. The molecule has 0 unspecified atom stereocenters. The quantitative estimate of drug-likeness (QED) is 0.661. The number of carbonyl (C=O) groups excluding carboxylic acids is 1. The summed E-state index contributed by atoms with van der Waals surface area (Å²) in [6, 6.07) is 8.86. The monoisotopic (exact) mass is 325 g/mol. The van der Waals surface area contributed by atoms with E-state index >= 15 is 0 Å². The minimum Gasteiger partial charge on any atom is -0.383 e. The Morgan fingerprint density at radius 1 is 1.23 bits per heavy atom. The van der Waals surface area contributed by atoms with Crippen LogP contribution in [0.1, 0.15) is 10.5 Å². The fourth-order valence-corrected chi connectivity index (χ4v) is 1.99. The summed E-state index contributed by atoms with van der Waals surface area (Å²) < 4.78 is 4.90. The van der Waals surface area contributed by atoms with Gasteiger partial charge in [-0.15, -0.1) is 12.4 Å². The molecule has 2 aromatic rings. The number of amides is 1. The molecule has 0 fully saturated rings. The van der Waals surface area contributed by atoms with Crippen molar-refractivity contribution in [3.63, 3.8) is 0 Å². The first-order valence-corrected chi connectivity index (χ1v) is 6.82. The Balaban J connectivity index is 0.00000242. The predicted molar refractivity (Wildman–Crippen MR) is 88.9 cm³/mol. The maximum Gasteiger partial charge on any atom is 0.267 e. The Bertz CT molecular complexity index is 672. The summed E-state index contributed by atoms with van der Waals surface area (Å²) >= 11 is 0. The molecule has 0 spiro atoms. The van der Waals surface area contributed by atoms with E-state index in [9.17, 15) is 9.59 Å². The van der Waals surface area contributed by atoms with Crippen LogP contribution in [0.4, 0.5) is 0 Å². The summed E-state index contributed by atoms with van der Waals surface area (Å²) in [5, 5.41) is 7.21. The minimum absolute atomic E-state index is 0. The second-order valence-corrected chi connectivity index (χ2v) is 4.60. The summed E-state index contributed by atoms with van der Waals surface area (Å²) in [6.45, 7) is 2.50.